The van der Waals surface area contributed by atoms with Crippen molar-refractivity contribution >= 4 is 24.1 Å². The number of nitrogens with one attached hydrogen (secondary N) is 2. The minimum absolute atomic E-state index is 0.115. The highest BCUT2D eigenvalue weighted by atomic mass is 32.1. The maximum atomic E-state index is 5.39. The molecule has 4 rings (SSSR count). The zero-order chi connectivity index (χ0) is 19.0. The van der Waals surface area contributed by atoms with Crippen LogP contribution >= 0.6 is 12.2 Å². The van der Waals surface area contributed by atoms with Crippen molar-refractivity contribution in [3.63, 3.8) is 0 Å². The van der Waals surface area contributed by atoms with Crippen molar-refractivity contribution in [1.29, 1.82) is 0 Å². The first kappa shape index (κ1) is 17.7. The van der Waals surface area contributed by atoms with Crippen molar-refractivity contribution < 1.29 is 0 Å². The molecule has 0 saturated carbocycles. The number of fused-ring (bicyclic) bond motifs is 1. The van der Waals surface area contributed by atoms with Crippen molar-refractivity contribution in [2.24, 2.45) is 5.10 Å². The van der Waals surface area contributed by atoms with E-state index in [1.165, 1.54) is 16.8 Å². The van der Waals surface area contributed by atoms with Crippen LogP contribution in [-0.2, 0) is 5.41 Å². The van der Waals surface area contributed by atoms with Crippen LogP contribution in [0.4, 0.5) is 5.69 Å². The Morgan fingerprint density at radius 2 is 1.89 bits per heavy atom. The summed E-state index contributed by atoms with van der Waals surface area (Å²) >= 11 is 5.39. The number of nitrogens with zero attached hydrogens (tertiary/aromatic N) is 3. The molecule has 2 heterocycles. The number of benzene rings is 2. The standard InChI is InChI=1S/C21H23N5S/c1-21(2,3)16-10-8-14(9-11-16)19-24-25-20(27)26(19)23-13-15-12-22-18-7-5-4-6-17(15)18/h4-11,13,15,22H,12H2,1-3H3,(H,25,27)/t15-/m0/s1. The third kappa shape index (κ3) is 3.45. The molecule has 6 heteroatoms. The van der Waals surface area contributed by atoms with Crippen molar-refractivity contribution in [3.8, 4) is 11.4 Å². The minimum Gasteiger partial charge on any atom is -0.384 e. The molecule has 27 heavy (non-hydrogen) atoms. The fourth-order valence-electron chi connectivity index (χ4n) is 3.30. The lowest BCUT2D eigenvalue weighted by Gasteiger charge is -2.18. The molecule has 1 aromatic heterocycles. The summed E-state index contributed by atoms with van der Waals surface area (Å²) < 4.78 is 2.18. The van der Waals surface area contributed by atoms with Crippen LogP contribution in [0.15, 0.2) is 53.6 Å². The molecule has 138 valence electrons. The summed E-state index contributed by atoms with van der Waals surface area (Å²) in [4.78, 5) is 0. The third-order valence-corrected chi connectivity index (χ3v) is 5.16. The van der Waals surface area contributed by atoms with E-state index in [4.69, 9.17) is 12.2 Å². The first-order valence-corrected chi connectivity index (χ1v) is 9.50. The highest BCUT2D eigenvalue weighted by Gasteiger charge is 2.20. The normalized spacial score (nSPS) is 16.5. The molecular weight excluding hydrogens is 354 g/mol. The zero-order valence-electron chi connectivity index (χ0n) is 15.7. The summed E-state index contributed by atoms with van der Waals surface area (Å²) in [6, 6.07) is 16.7. The molecule has 0 amide bonds. The fourth-order valence-corrected chi connectivity index (χ4v) is 3.48. The minimum atomic E-state index is 0.115. The largest absolute Gasteiger partial charge is 0.384 e. The molecule has 0 bridgehead atoms. The predicted octanol–water partition coefficient (Wildman–Crippen LogP) is 4.95. The summed E-state index contributed by atoms with van der Waals surface area (Å²) in [5, 5.41) is 15.3. The quantitative estimate of drug-likeness (QED) is 0.502. The van der Waals surface area contributed by atoms with E-state index in [1.807, 2.05) is 12.3 Å². The van der Waals surface area contributed by atoms with E-state index in [-0.39, 0.29) is 11.3 Å². The second kappa shape index (κ2) is 6.78. The van der Waals surface area contributed by atoms with Crippen LogP contribution in [0.3, 0.4) is 0 Å². The molecule has 0 radical (unpaired) electrons. The number of anilines is 1. The van der Waals surface area contributed by atoms with Gasteiger partial charge >= 0.3 is 0 Å². The van der Waals surface area contributed by atoms with Gasteiger partial charge in [-0.1, -0.05) is 63.2 Å². The van der Waals surface area contributed by atoms with Gasteiger partial charge in [-0.3, -0.25) is 0 Å². The first-order chi connectivity index (χ1) is 12.9. The second-order valence-electron chi connectivity index (χ2n) is 7.83. The van der Waals surface area contributed by atoms with Gasteiger partial charge in [0.2, 0.25) is 4.77 Å². The maximum Gasteiger partial charge on any atom is 0.216 e. The number of hydrogen-bond acceptors (Lipinski definition) is 4. The number of rotatable bonds is 3. The lowest BCUT2D eigenvalue weighted by molar-refractivity contribution is 0.590. The Hall–Kier alpha value is -2.73. The van der Waals surface area contributed by atoms with Gasteiger partial charge in [0.15, 0.2) is 5.82 Å². The summed E-state index contributed by atoms with van der Waals surface area (Å²) in [6.07, 6.45) is 1.94. The van der Waals surface area contributed by atoms with Crippen LogP contribution in [0.2, 0.25) is 0 Å². The Kier molecular flexibility index (Phi) is 4.44. The fraction of sp³-hybridized carbons (Fsp3) is 0.286. The van der Waals surface area contributed by atoms with Crippen LogP contribution in [0.25, 0.3) is 11.4 Å². The van der Waals surface area contributed by atoms with Crippen LogP contribution in [-0.4, -0.2) is 27.6 Å². The summed E-state index contributed by atoms with van der Waals surface area (Å²) in [6.45, 7) is 7.45. The molecular formula is C21H23N5S. The van der Waals surface area contributed by atoms with E-state index < -0.39 is 0 Å². The highest BCUT2D eigenvalue weighted by molar-refractivity contribution is 7.71. The smallest absolute Gasteiger partial charge is 0.216 e. The molecule has 0 aliphatic carbocycles. The van der Waals surface area contributed by atoms with Crippen LogP contribution < -0.4 is 5.32 Å². The molecule has 2 aromatic carbocycles. The van der Waals surface area contributed by atoms with Crippen LogP contribution in [0.1, 0.15) is 37.8 Å². The van der Waals surface area contributed by atoms with Crippen molar-refractivity contribution in [3.05, 3.63) is 64.4 Å². The number of aromatic amines is 1. The van der Waals surface area contributed by atoms with E-state index in [1.54, 1.807) is 4.68 Å². The Bertz CT molecular complexity index is 1040. The average Bonchev–Trinajstić information content (AvgIpc) is 3.23. The zero-order valence-corrected chi connectivity index (χ0v) is 16.5. The van der Waals surface area contributed by atoms with Gasteiger partial charge in [-0.2, -0.15) is 14.9 Å². The van der Waals surface area contributed by atoms with E-state index in [9.17, 15) is 0 Å². The van der Waals surface area contributed by atoms with Crippen molar-refractivity contribution in [2.45, 2.75) is 32.1 Å². The first-order valence-electron chi connectivity index (χ1n) is 9.09. The lowest BCUT2D eigenvalue weighted by Crippen LogP contribution is -2.10. The molecule has 0 fully saturated rings. The van der Waals surface area contributed by atoms with E-state index in [0.717, 1.165) is 17.9 Å². The average molecular weight is 378 g/mol. The van der Waals surface area contributed by atoms with Gasteiger partial charge in [0.05, 0.1) is 0 Å². The van der Waals surface area contributed by atoms with Crippen molar-refractivity contribution in [1.82, 2.24) is 14.9 Å². The predicted molar refractivity (Wildman–Crippen MR) is 113 cm³/mol. The highest BCUT2D eigenvalue weighted by Crippen LogP contribution is 2.30. The Labute approximate surface area is 164 Å². The third-order valence-electron chi connectivity index (χ3n) is 4.89. The molecule has 1 aliphatic rings. The Balaban J connectivity index is 1.64. The van der Waals surface area contributed by atoms with Gasteiger partial charge in [-0.15, -0.1) is 0 Å². The summed E-state index contributed by atoms with van der Waals surface area (Å²) in [5.41, 5.74) is 4.81. The molecule has 1 atom stereocenters. The van der Waals surface area contributed by atoms with Gasteiger partial charge in [-0.25, -0.2) is 5.10 Å². The topological polar surface area (TPSA) is 58.0 Å². The van der Waals surface area contributed by atoms with Crippen molar-refractivity contribution in [2.75, 3.05) is 11.9 Å². The van der Waals surface area contributed by atoms with Gasteiger partial charge in [0, 0.05) is 29.9 Å². The van der Waals surface area contributed by atoms with E-state index in [0.29, 0.717) is 4.77 Å². The summed E-state index contributed by atoms with van der Waals surface area (Å²) in [5.74, 6) is 0.935. The maximum absolute atomic E-state index is 5.39. The SMILES string of the molecule is CC(C)(C)c1ccc(-c2n[nH]c(=S)n2N=C[C@@H]2CNc3ccccc32)cc1. The second-order valence-corrected chi connectivity index (χ2v) is 8.22. The Morgan fingerprint density at radius 3 is 2.63 bits per heavy atom. The van der Waals surface area contributed by atoms with Gasteiger partial charge < -0.3 is 5.32 Å². The van der Waals surface area contributed by atoms with E-state index in [2.05, 4.69) is 83.9 Å². The molecule has 0 saturated heterocycles. The molecule has 3 aromatic rings. The lowest BCUT2D eigenvalue weighted by atomic mass is 9.87. The summed E-state index contributed by atoms with van der Waals surface area (Å²) in [7, 11) is 0. The number of aromatic nitrogens is 3. The molecule has 1 aliphatic heterocycles. The molecule has 5 nitrogen and oxygen atoms in total. The number of hydrogen-bond donors (Lipinski definition) is 2. The van der Waals surface area contributed by atoms with Gasteiger partial charge in [0.1, 0.15) is 0 Å². The molecule has 0 unspecified atom stereocenters. The number of para-hydroxylation sites is 1. The van der Waals surface area contributed by atoms with E-state index >= 15 is 0 Å². The Morgan fingerprint density at radius 1 is 1.15 bits per heavy atom. The molecule has 2 N–H and O–H groups in total. The van der Waals surface area contributed by atoms with Crippen LogP contribution in [0, 0.1) is 4.77 Å². The van der Waals surface area contributed by atoms with Gasteiger partial charge in [-0.05, 0) is 34.8 Å². The van der Waals surface area contributed by atoms with Gasteiger partial charge in [0.25, 0.3) is 0 Å². The number of H-pyrrole nitrogens is 1. The monoisotopic (exact) mass is 377 g/mol. The van der Waals surface area contributed by atoms with Crippen LogP contribution in [0.5, 0.6) is 0 Å². The molecule has 0 spiro atoms.